The van der Waals surface area contributed by atoms with Gasteiger partial charge in [-0.3, -0.25) is 14.2 Å². The maximum atomic E-state index is 13.3. The van der Waals surface area contributed by atoms with Gasteiger partial charge in [-0.25, -0.2) is 9.78 Å². The van der Waals surface area contributed by atoms with E-state index in [4.69, 9.17) is 9.47 Å². The first-order valence-corrected chi connectivity index (χ1v) is 14.1. The first-order chi connectivity index (χ1) is 19.5. The molecule has 1 N–H and O–H groups in total. The van der Waals surface area contributed by atoms with E-state index in [-0.39, 0.29) is 25.7 Å². The third kappa shape index (κ3) is 6.41. The summed E-state index contributed by atoms with van der Waals surface area (Å²) in [5, 5.41) is 3.20. The van der Waals surface area contributed by atoms with Crippen LogP contribution in [0.2, 0.25) is 0 Å². The van der Waals surface area contributed by atoms with E-state index in [9.17, 15) is 14.4 Å². The molecule has 5 rings (SSSR count). The SMILES string of the molecule is Cc1c(C(=O)OCCOc2ccccc2)sc2ncn(CC(=O)Nc3ccccc3Sc3ccccc3)c(=O)c12. The molecule has 5 aromatic rings. The lowest BCUT2D eigenvalue weighted by atomic mass is 10.2. The van der Waals surface area contributed by atoms with Crippen LogP contribution in [0.25, 0.3) is 10.2 Å². The van der Waals surface area contributed by atoms with Crippen LogP contribution in [0.3, 0.4) is 0 Å². The predicted octanol–water partition coefficient (Wildman–Crippen LogP) is 5.79. The fraction of sp³-hybridized carbons (Fsp3) is 0.133. The minimum absolute atomic E-state index is 0.0588. The topological polar surface area (TPSA) is 99.5 Å². The van der Waals surface area contributed by atoms with Gasteiger partial charge in [0.25, 0.3) is 5.56 Å². The molecule has 0 fully saturated rings. The molecular formula is C30H25N3O5S2. The normalized spacial score (nSPS) is 10.8. The van der Waals surface area contributed by atoms with Crippen LogP contribution < -0.4 is 15.6 Å². The van der Waals surface area contributed by atoms with E-state index in [1.54, 1.807) is 6.92 Å². The second-order valence-electron chi connectivity index (χ2n) is 8.67. The number of hydrogen-bond acceptors (Lipinski definition) is 8. The van der Waals surface area contributed by atoms with Crippen LogP contribution in [0.5, 0.6) is 5.75 Å². The highest BCUT2D eigenvalue weighted by Crippen LogP contribution is 2.33. The second-order valence-corrected chi connectivity index (χ2v) is 10.8. The van der Waals surface area contributed by atoms with Gasteiger partial charge in [-0.1, -0.05) is 60.3 Å². The standard InChI is InChI=1S/C30H25N3O5S2/c1-20-26-28(40-27(20)30(36)38-17-16-37-21-10-4-2-5-11-21)31-19-33(29(26)35)18-25(34)32-23-14-8-9-15-24(23)39-22-12-6-3-7-13-22/h2-15,19H,16-18H2,1H3,(H,32,34). The number of nitrogens with one attached hydrogen (secondary N) is 1. The summed E-state index contributed by atoms with van der Waals surface area (Å²) in [5.41, 5.74) is 0.731. The van der Waals surface area contributed by atoms with Crippen LogP contribution in [0.15, 0.2) is 106 Å². The maximum absolute atomic E-state index is 13.3. The Balaban J connectivity index is 1.25. The molecule has 10 heteroatoms. The number of nitrogens with zero attached hydrogens (tertiary/aromatic N) is 2. The van der Waals surface area contributed by atoms with Gasteiger partial charge in [-0.15, -0.1) is 11.3 Å². The molecule has 0 aliphatic carbocycles. The summed E-state index contributed by atoms with van der Waals surface area (Å²) in [6.07, 6.45) is 1.33. The second kappa shape index (κ2) is 12.6. The van der Waals surface area contributed by atoms with Gasteiger partial charge < -0.3 is 14.8 Å². The summed E-state index contributed by atoms with van der Waals surface area (Å²) in [6, 6.07) is 26.6. The molecular weight excluding hydrogens is 546 g/mol. The number of ether oxygens (including phenoxy) is 2. The van der Waals surface area contributed by atoms with Crippen molar-refractivity contribution in [1.82, 2.24) is 9.55 Å². The van der Waals surface area contributed by atoms with Gasteiger partial charge in [0.1, 0.15) is 35.2 Å². The molecule has 0 aliphatic heterocycles. The van der Waals surface area contributed by atoms with Crippen LogP contribution in [0, 0.1) is 6.92 Å². The summed E-state index contributed by atoms with van der Waals surface area (Å²) in [4.78, 5) is 45.9. The molecule has 0 aliphatic rings. The Morgan fingerprint density at radius 3 is 2.42 bits per heavy atom. The maximum Gasteiger partial charge on any atom is 0.348 e. The molecule has 0 unspecified atom stereocenters. The molecule has 2 aromatic heterocycles. The number of para-hydroxylation sites is 2. The highest BCUT2D eigenvalue weighted by molar-refractivity contribution is 7.99. The van der Waals surface area contributed by atoms with Gasteiger partial charge in [0.2, 0.25) is 5.91 Å². The van der Waals surface area contributed by atoms with Crippen molar-refractivity contribution in [3.8, 4) is 5.75 Å². The molecule has 0 spiro atoms. The van der Waals surface area contributed by atoms with Gasteiger partial charge in [0.05, 0.1) is 17.4 Å². The van der Waals surface area contributed by atoms with Crippen LogP contribution in [-0.4, -0.2) is 34.6 Å². The van der Waals surface area contributed by atoms with Crippen LogP contribution in [0.4, 0.5) is 5.69 Å². The number of thiophene rings is 1. The van der Waals surface area contributed by atoms with E-state index < -0.39 is 11.5 Å². The monoisotopic (exact) mass is 571 g/mol. The van der Waals surface area contributed by atoms with Gasteiger partial charge >= 0.3 is 5.97 Å². The average molecular weight is 572 g/mol. The minimum Gasteiger partial charge on any atom is -0.490 e. The number of esters is 1. The number of carbonyl (C=O) groups excluding carboxylic acids is 2. The van der Waals surface area contributed by atoms with E-state index in [2.05, 4.69) is 10.3 Å². The van der Waals surface area contributed by atoms with E-state index >= 15 is 0 Å². The Morgan fingerprint density at radius 2 is 1.65 bits per heavy atom. The molecule has 8 nitrogen and oxygen atoms in total. The number of hydrogen-bond donors (Lipinski definition) is 1. The molecule has 1 amide bonds. The average Bonchev–Trinajstić information content (AvgIpc) is 3.31. The Hall–Kier alpha value is -4.41. The third-order valence-corrected chi connectivity index (χ3v) is 8.14. The first-order valence-electron chi connectivity index (χ1n) is 12.4. The zero-order valence-electron chi connectivity index (χ0n) is 21.5. The molecule has 0 radical (unpaired) electrons. The molecule has 2 heterocycles. The Labute approximate surface area is 238 Å². The van der Waals surface area contributed by atoms with Crippen molar-refractivity contribution in [2.45, 2.75) is 23.3 Å². The molecule has 202 valence electrons. The highest BCUT2D eigenvalue weighted by atomic mass is 32.2. The Morgan fingerprint density at radius 1 is 0.950 bits per heavy atom. The molecule has 0 atom stereocenters. The van der Waals surface area contributed by atoms with Crippen LogP contribution in [-0.2, 0) is 16.1 Å². The Kier molecular flexibility index (Phi) is 8.58. The van der Waals surface area contributed by atoms with Crippen LogP contribution >= 0.6 is 23.1 Å². The molecule has 3 aromatic carbocycles. The molecule has 0 saturated heterocycles. The van der Waals surface area contributed by atoms with E-state index in [1.807, 2.05) is 84.9 Å². The smallest absolute Gasteiger partial charge is 0.348 e. The third-order valence-electron chi connectivity index (χ3n) is 5.88. The quantitative estimate of drug-likeness (QED) is 0.167. The number of anilines is 1. The van der Waals surface area contributed by atoms with Gasteiger partial charge in [0, 0.05) is 9.79 Å². The lowest BCUT2D eigenvalue weighted by molar-refractivity contribution is -0.116. The number of fused-ring (bicyclic) bond motifs is 1. The highest BCUT2D eigenvalue weighted by Gasteiger charge is 2.21. The summed E-state index contributed by atoms with van der Waals surface area (Å²) in [7, 11) is 0. The minimum atomic E-state index is -0.548. The molecule has 0 bridgehead atoms. The zero-order valence-corrected chi connectivity index (χ0v) is 23.2. The summed E-state index contributed by atoms with van der Waals surface area (Å²) >= 11 is 2.63. The van der Waals surface area contributed by atoms with Gasteiger partial charge in [-0.05, 0) is 48.9 Å². The number of aromatic nitrogens is 2. The molecule has 0 saturated carbocycles. The van der Waals surface area contributed by atoms with Crippen molar-refractivity contribution in [3.05, 3.63) is 112 Å². The Bertz CT molecular complexity index is 1700. The van der Waals surface area contributed by atoms with Gasteiger partial charge in [-0.2, -0.15) is 0 Å². The zero-order chi connectivity index (χ0) is 27.9. The number of amides is 1. The van der Waals surface area contributed by atoms with Crippen LogP contribution in [0.1, 0.15) is 15.2 Å². The predicted molar refractivity (Wildman–Crippen MR) is 156 cm³/mol. The van der Waals surface area contributed by atoms with Gasteiger partial charge in [0.15, 0.2) is 0 Å². The van der Waals surface area contributed by atoms with Crippen molar-refractivity contribution in [1.29, 1.82) is 0 Å². The lowest BCUT2D eigenvalue weighted by Gasteiger charge is -2.11. The van der Waals surface area contributed by atoms with Crippen molar-refractivity contribution in [3.63, 3.8) is 0 Å². The lowest BCUT2D eigenvalue weighted by Crippen LogP contribution is -2.28. The van der Waals surface area contributed by atoms with E-state index in [0.29, 0.717) is 32.1 Å². The summed E-state index contributed by atoms with van der Waals surface area (Å²) in [5.74, 6) is -0.229. The van der Waals surface area contributed by atoms with Crippen molar-refractivity contribution in [2.75, 3.05) is 18.5 Å². The van der Waals surface area contributed by atoms with Crippen molar-refractivity contribution < 1.29 is 19.1 Å². The van der Waals surface area contributed by atoms with E-state index in [1.165, 1.54) is 22.7 Å². The largest absolute Gasteiger partial charge is 0.490 e. The van der Waals surface area contributed by atoms with E-state index in [0.717, 1.165) is 21.1 Å². The first kappa shape index (κ1) is 27.2. The number of benzene rings is 3. The number of carbonyl (C=O) groups is 2. The fourth-order valence-electron chi connectivity index (χ4n) is 3.96. The summed E-state index contributed by atoms with van der Waals surface area (Å²) < 4.78 is 12.2. The van der Waals surface area contributed by atoms with Crippen molar-refractivity contribution >= 4 is 50.9 Å². The fourth-order valence-corrected chi connectivity index (χ4v) is 5.92. The van der Waals surface area contributed by atoms with Crippen molar-refractivity contribution in [2.24, 2.45) is 0 Å². The molecule has 40 heavy (non-hydrogen) atoms. The summed E-state index contributed by atoms with van der Waals surface area (Å²) in [6.45, 7) is 1.72. The number of aryl methyl sites for hydroxylation is 1. The number of rotatable bonds is 10.